The first-order valence-corrected chi connectivity index (χ1v) is 12.1. The third-order valence-electron chi connectivity index (χ3n) is 6.27. The van der Waals surface area contributed by atoms with E-state index in [1.54, 1.807) is 0 Å². The summed E-state index contributed by atoms with van der Waals surface area (Å²) in [6.07, 6.45) is 4.66. The largest absolute Gasteiger partial charge is 0.493 e. The minimum atomic E-state index is 0.210. The van der Waals surface area contributed by atoms with Crippen molar-refractivity contribution in [3.05, 3.63) is 82.7 Å². The van der Waals surface area contributed by atoms with Crippen molar-refractivity contribution in [2.24, 2.45) is 0 Å². The highest BCUT2D eigenvalue weighted by Gasteiger charge is 2.22. The van der Waals surface area contributed by atoms with E-state index in [0.29, 0.717) is 13.2 Å². The average molecular weight is 515 g/mol. The van der Waals surface area contributed by atoms with E-state index in [9.17, 15) is 0 Å². The summed E-state index contributed by atoms with van der Waals surface area (Å²) in [6.45, 7) is 1.30. The van der Waals surface area contributed by atoms with Crippen LogP contribution >= 0.6 is 15.9 Å². The van der Waals surface area contributed by atoms with Crippen molar-refractivity contribution < 1.29 is 4.74 Å². The monoisotopic (exact) mass is 514 g/mol. The molecule has 170 valence electrons. The van der Waals surface area contributed by atoms with E-state index < -0.39 is 0 Å². The standard InChI is InChI=1S/C26H23BrN6O/c1-28-26-24(27)22(15-30-21-10-11-34-23-9-5-3-7-18(21)23)32-25-19(14-31-33(25)26)17-12-16-6-2-4-8-20(16)29-13-17/h2-9,12-14,21,28,30H,10-11,15H2,1H3. The summed E-state index contributed by atoms with van der Waals surface area (Å²) in [5, 5.41) is 12.7. The lowest BCUT2D eigenvalue weighted by Gasteiger charge is -2.27. The normalized spacial score (nSPS) is 15.3. The molecule has 6 rings (SSSR count). The van der Waals surface area contributed by atoms with Gasteiger partial charge in [0.15, 0.2) is 5.65 Å². The highest BCUT2D eigenvalue weighted by molar-refractivity contribution is 9.10. The lowest BCUT2D eigenvalue weighted by molar-refractivity contribution is 0.252. The van der Waals surface area contributed by atoms with Crippen LogP contribution in [0.1, 0.15) is 23.7 Å². The number of nitrogens with one attached hydrogen (secondary N) is 2. The molecule has 0 amide bonds. The fraction of sp³-hybridized carbons (Fsp3) is 0.192. The molecule has 4 heterocycles. The Balaban J connectivity index is 1.39. The first kappa shape index (κ1) is 21.1. The molecule has 0 radical (unpaired) electrons. The van der Waals surface area contributed by atoms with Gasteiger partial charge in [-0.05, 0) is 34.1 Å². The molecule has 3 aromatic heterocycles. The van der Waals surface area contributed by atoms with Gasteiger partial charge in [0.1, 0.15) is 11.6 Å². The van der Waals surface area contributed by atoms with Gasteiger partial charge in [-0.25, -0.2) is 4.98 Å². The van der Waals surface area contributed by atoms with E-state index in [4.69, 9.17) is 9.72 Å². The molecule has 0 spiro atoms. The van der Waals surface area contributed by atoms with Crippen LogP contribution in [-0.4, -0.2) is 33.2 Å². The van der Waals surface area contributed by atoms with Crippen molar-refractivity contribution in [3.63, 3.8) is 0 Å². The summed E-state index contributed by atoms with van der Waals surface area (Å²) in [4.78, 5) is 9.66. The van der Waals surface area contributed by atoms with Crippen LogP contribution in [0.15, 0.2) is 71.5 Å². The Morgan fingerprint density at radius 2 is 1.97 bits per heavy atom. The fourth-order valence-corrected chi connectivity index (χ4v) is 5.14. The maximum atomic E-state index is 5.82. The molecule has 0 saturated carbocycles. The summed E-state index contributed by atoms with van der Waals surface area (Å²) in [5.41, 5.74) is 5.79. The van der Waals surface area contributed by atoms with Crippen molar-refractivity contribution in [2.45, 2.75) is 19.0 Å². The number of anilines is 1. The van der Waals surface area contributed by atoms with Gasteiger partial charge in [0.25, 0.3) is 0 Å². The third kappa shape index (κ3) is 3.59. The molecule has 2 aromatic carbocycles. The zero-order valence-corrected chi connectivity index (χ0v) is 20.2. The summed E-state index contributed by atoms with van der Waals surface area (Å²) in [6, 6.07) is 18.7. The molecule has 2 N–H and O–H groups in total. The Morgan fingerprint density at radius 1 is 1.12 bits per heavy atom. The molecule has 7 nitrogen and oxygen atoms in total. The van der Waals surface area contributed by atoms with Crippen molar-refractivity contribution in [1.29, 1.82) is 0 Å². The van der Waals surface area contributed by atoms with E-state index in [1.165, 1.54) is 5.56 Å². The number of pyridine rings is 1. The van der Waals surface area contributed by atoms with E-state index >= 15 is 0 Å². The molecule has 1 unspecified atom stereocenters. The zero-order chi connectivity index (χ0) is 23.1. The van der Waals surface area contributed by atoms with Crippen LogP contribution in [0.5, 0.6) is 5.75 Å². The number of hydrogen-bond donors (Lipinski definition) is 2. The molecule has 1 atom stereocenters. The number of rotatable bonds is 5. The van der Waals surface area contributed by atoms with Gasteiger partial charge in [0.05, 0.1) is 28.5 Å². The summed E-state index contributed by atoms with van der Waals surface area (Å²) < 4.78 is 8.54. The molecular formula is C26H23BrN6O. The van der Waals surface area contributed by atoms with Gasteiger partial charge in [-0.1, -0.05) is 36.4 Å². The predicted octanol–water partition coefficient (Wildman–Crippen LogP) is 5.36. The second kappa shape index (κ2) is 8.70. The van der Waals surface area contributed by atoms with Crippen molar-refractivity contribution >= 4 is 38.3 Å². The second-order valence-electron chi connectivity index (χ2n) is 8.29. The quantitative estimate of drug-likeness (QED) is 0.328. The number of halogens is 1. The van der Waals surface area contributed by atoms with Crippen LogP contribution < -0.4 is 15.4 Å². The molecule has 0 saturated heterocycles. The topological polar surface area (TPSA) is 76.4 Å². The van der Waals surface area contributed by atoms with Gasteiger partial charge in [0.2, 0.25) is 0 Å². The number of hydrogen-bond acceptors (Lipinski definition) is 6. The SMILES string of the molecule is CNc1c(Br)c(CNC2CCOc3ccccc32)nc2c(-c3cnc4ccccc4c3)cnn12. The third-order valence-corrected chi connectivity index (χ3v) is 7.10. The summed E-state index contributed by atoms with van der Waals surface area (Å²) >= 11 is 3.75. The second-order valence-corrected chi connectivity index (χ2v) is 9.08. The van der Waals surface area contributed by atoms with Crippen LogP contribution in [-0.2, 0) is 6.54 Å². The molecular weight excluding hydrogens is 492 g/mol. The number of nitrogens with zero attached hydrogens (tertiary/aromatic N) is 4. The Bertz CT molecular complexity index is 1510. The molecule has 8 heteroatoms. The molecule has 0 aliphatic carbocycles. The van der Waals surface area contributed by atoms with E-state index in [1.807, 2.05) is 54.3 Å². The molecule has 0 fully saturated rings. The van der Waals surface area contributed by atoms with Crippen LogP contribution in [0.25, 0.3) is 27.7 Å². The highest BCUT2D eigenvalue weighted by atomic mass is 79.9. The molecule has 1 aliphatic rings. The van der Waals surface area contributed by atoms with Crippen LogP contribution in [0.4, 0.5) is 5.82 Å². The van der Waals surface area contributed by atoms with Gasteiger partial charge in [-0.3, -0.25) is 4.98 Å². The van der Waals surface area contributed by atoms with Gasteiger partial charge in [-0.2, -0.15) is 9.61 Å². The first-order chi connectivity index (χ1) is 16.7. The molecule has 5 aromatic rings. The van der Waals surface area contributed by atoms with Crippen LogP contribution in [0.3, 0.4) is 0 Å². The van der Waals surface area contributed by atoms with Gasteiger partial charge in [0, 0.05) is 54.3 Å². The van der Waals surface area contributed by atoms with E-state index in [-0.39, 0.29) is 6.04 Å². The molecule has 0 bridgehead atoms. The number of ether oxygens (including phenoxy) is 1. The number of aromatic nitrogens is 4. The Kier molecular flexibility index (Phi) is 5.39. The lowest BCUT2D eigenvalue weighted by atomic mass is 10.0. The number of fused-ring (bicyclic) bond motifs is 3. The smallest absolute Gasteiger partial charge is 0.165 e. The Morgan fingerprint density at radius 3 is 2.88 bits per heavy atom. The van der Waals surface area contributed by atoms with Gasteiger partial charge >= 0.3 is 0 Å². The maximum Gasteiger partial charge on any atom is 0.165 e. The summed E-state index contributed by atoms with van der Waals surface area (Å²) in [5.74, 6) is 1.81. The number of benzene rings is 2. The van der Waals surface area contributed by atoms with Crippen LogP contribution in [0.2, 0.25) is 0 Å². The van der Waals surface area contributed by atoms with E-state index in [2.05, 4.69) is 60.9 Å². The predicted molar refractivity (Wildman–Crippen MR) is 137 cm³/mol. The van der Waals surface area contributed by atoms with Gasteiger partial charge in [-0.15, -0.1) is 0 Å². The van der Waals surface area contributed by atoms with Crippen LogP contribution in [0, 0.1) is 0 Å². The van der Waals surface area contributed by atoms with Crippen molar-refractivity contribution in [1.82, 2.24) is 24.9 Å². The van der Waals surface area contributed by atoms with Crippen molar-refractivity contribution in [2.75, 3.05) is 19.0 Å². The fourth-order valence-electron chi connectivity index (χ4n) is 4.55. The Labute approximate surface area is 205 Å². The molecule has 1 aliphatic heterocycles. The summed E-state index contributed by atoms with van der Waals surface area (Å²) in [7, 11) is 1.89. The van der Waals surface area contributed by atoms with Gasteiger partial charge < -0.3 is 15.4 Å². The average Bonchev–Trinajstić information content (AvgIpc) is 3.30. The Hall–Kier alpha value is -3.49. The van der Waals surface area contributed by atoms with E-state index in [0.717, 1.165) is 55.8 Å². The maximum absolute atomic E-state index is 5.82. The van der Waals surface area contributed by atoms with Crippen molar-refractivity contribution in [3.8, 4) is 16.9 Å². The zero-order valence-electron chi connectivity index (χ0n) is 18.6. The highest BCUT2D eigenvalue weighted by Crippen LogP contribution is 2.34. The minimum Gasteiger partial charge on any atom is -0.493 e. The lowest BCUT2D eigenvalue weighted by Crippen LogP contribution is -2.27. The first-order valence-electron chi connectivity index (χ1n) is 11.3. The molecule has 34 heavy (non-hydrogen) atoms. The minimum absolute atomic E-state index is 0.210. The number of para-hydroxylation sites is 2.